The maximum absolute atomic E-state index is 11.8. The molecule has 0 unspecified atom stereocenters. The lowest BCUT2D eigenvalue weighted by Gasteiger charge is -2.08. The fourth-order valence-corrected chi connectivity index (χ4v) is 2.04. The summed E-state index contributed by atoms with van der Waals surface area (Å²) >= 11 is 3.18. The summed E-state index contributed by atoms with van der Waals surface area (Å²) in [6.07, 6.45) is 1.12. The third-order valence-corrected chi connectivity index (χ3v) is 3.23. The zero-order chi connectivity index (χ0) is 14.9. The maximum Gasteiger partial charge on any atom is 0.337 e. The Labute approximate surface area is 120 Å². The minimum Gasteiger partial charge on any atom is -0.478 e. The van der Waals surface area contributed by atoms with Crippen molar-refractivity contribution in [3.8, 4) is 5.69 Å². The van der Waals surface area contributed by atoms with E-state index in [2.05, 4.69) is 15.9 Å². The molecule has 0 bridgehead atoms. The molecule has 1 aromatic heterocycles. The number of hydrogen-bond acceptors (Lipinski definition) is 4. The molecule has 0 fully saturated rings. The molecule has 0 aliphatic rings. The third kappa shape index (κ3) is 2.59. The SMILES string of the molecule is O=C(O)c1ccc(=O)n(-c2cc([N+](=O)[O-])ccc2Br)c1. The van der Waals surface area contributed by atoms with Crippen LogP contribution >= 0.6 is 15.9 Å². The minimum absolute atomic E-state index is 0.0944. The Hall–Kier alpha value is -2.48. The number of carboxylic acids is 1. The van der Waals surface area contributed by atoms with Crippen LogP contribution in [0.3, 0.4) is 0 Å². The molecule has 0 radical (unpaired) electrons. The van der Waals surface area contributed by atoms with Crippen molar-refractivity contribution in [1.29, 1.82) is 0 Å². The molecule has 7 nitrogen and oxygen atoms in total. The molecule has 0 aliphatic heterocycles. The first kappa shape index (κ1) is 13.9. The molecule has 0 atom stereocenters. The van der Waals surface area contributed by atoms with Gasteiger partial charge in [0.15, 0.2) is 0 Å². The lowest BCUT2D eigenvalue weighted by atomic mass is 10.2. The van der Waals surface area contributed by atoms with Crippen molar-refractivity contribution in [3.05, 3.63) is 67.0 Å². The molecule has 102 valence electrons. The second-order valence-electron chi connectivity index (χ2n) is 3.82. The van der Waals surface area contributed by atoms with Crippen molar-refractivity contribution in [2.75, 3.05) is 0 Å². The molecular formula is C12H7BrN2O5. The highest BCUT2D eigenvalue weighted by Gasteiger charge is 2.13. The Bertz CT molecular complexity index is 769. The summed E-state index contributed by atoms with van der Waals surface area (Å²) in [5, 5.41) is 19.7. The number of carboxylic acid groups (broad SMARTS) is 1. The van der Waals surface area contributed by atoms with Gasteiger partial charge in [-0.3, -0.25) is 19.5 Å². The van der Waals surface area contributed by atoms with Gasteiger partial charge in [0.2, 0.25) is 0 Å². The van der Waals surface area contributed by atoms with Crippen LogP contribution in [0.15, 0.2) is 45.8 Å². The summed E-state index contributed by atoms with van der Waals surface area (Å²) in [5.74, 6) is -1.19. The van der Waals surface area contributed by atoms with Crippen LogP contribution in [0.4, 0.5) is 5.69 Å². The van der Waals surface area contributed by atoms with Gasteiger partial charge < -0.3 is 5.11 Å². The molecule has 8 heteroatoms. The second-order valence-corrected chi connectivity index (χ2v) is 4.68. The molecule has 2 aromatic rings. The van der Waals surface area contributed by atoms with Crippen molar-refractivity contribution in [2.24, 2.45) is 0 Å². The molecule has 1 N–H and O–H groups in total. The molecule has 0 aliphatic carbocycles. The van der Waals surface area contributed by atoms with Crippen LogP contribution in [0.1, 0.15) is 10.4 Å². The Morgan fingerprint density at radius 2 is 2.00 bits per heavy atom. The topological polar surface area (TPSA) is 102 Å². The van der Waals surface area contributed by atoms with Crippen LogP contribution in [0, 0.1) is 10.1 Å². The van der Waals surface area contributed by atoms with Crippen LogP contribution in [0.25, 0.3) is 5.69 Å². The van der Waals surface area contributed by atoms with Gasteiger partial charge in [0.1, 0.15) is 0 Å². The standard InChI is InChI=1S/C12H7BrN2O5/c13-9-3-2-8(15(19)20)5-10(9)14-6-7(12(17)18)1-4-11(14)16/h1-6H,(H,17,18). The van der Waals surface area contributed by atoms with Crippen LogP contribution in [-0.2, 0) is 0 Å². The summed E-state index contributed by atoms with van der Waals surface area (Å²) in [6.45, 7) is 0. The lowest BCUT2D eigenvalue weighted by molar-refractivity contribution is -0.384. The van der Waals surface area contributed by atoms with E-state index in [9.17, 15) is 19.7 Å². The molecule has 0 saturated carbocycles. The lowest BCUT2D eigenvalue weighted by Crippen LogP contribution is -2.18. The molecule has 20 heavy (non-hydrogen) atoms. The highest BCUT2D eigenvalue weighted by Crippen LogP contribution is 2.25. The van der Waals surface area contributed by atoms with Gasteiger partial charge in [0.05, 0.1) is 16.2 Å². The van der Waals surface area contributed by atoms with Crippen LogP contribution < -0.4 is 5.56 Å². The maximum atomic E-state index is 11.8. The monoisotopic (exact) mass is 338 g/mol. The molecule has 1 heterocycles. The Morgan fingerprint density at radius 3 is 2.60 bits per heavy atom. The number of rotatable bonds is 3. The van der Waals surface area contributed by atoms with Gasteiger partial charge in [-0.25, -0.2) is 4.79 Å². The fourth-order valence-electron chi connectivity index (χ4n) is 1.60. The largest absolute Gasteiger partial charge is 0.478 e. The zero-order valence-corrected chi connectivity index (χ0v) is 11.4. The number of halogens is 1. The summed E-state index contributed by atoms with van der Waals surface area (Å²) in [4.78, 5) is 32.9. The fraction of sp³-hybridized carbons (Fsp3) is 0. The van der Waals surface area contributed by atoms with Crippen molar-refractivity contribution < 1.29 is 14.8 Å². The Balaban J connectivity index is 2.70. The average molecular weight is 339 g/mol. The number of nitrogens with zero attached hydrogens (tertiary/aromatic N) is 2. The first-order valence-electron chi connectivity index (χ1n) is 5.30. The molecule has 0 spiro atoms. The van der Waals surface area contributed by atoms with Gasteiger partial charge in [-0.15, -0.1) is 0 Å². The van der Waals surface area contributed by atoms with E-state index in [0.29, 0.717) is 4.47 Å². The minimum atomic E-state index is -1.19. The second kappa shape index (κ2) is 5.25. The predicted molar refractivity (Wildman–Crippen MR) is 73.4 cm³/mol. The van der Waals surface area contributed by atoms with Crippen LogP contribution in [0.2, 0.25) is 0 Å². The molecule has 1 aromatic carbocycles. The third-order valence-electron chi connectivity index (χ3n) is 2.56. The molecule has 2 rings (SSSR count). The number of non-ortho nitro benzene ring substituents is 1. The number of nitro benzene ring substituents is 1. The first-order chi connectivity index (χ1) is 9.40. The normalized spacial score (nSPS) is 10.2. The van der Waals surface area contributed by atoms with Gasteiger partial charge in [0, 0.05) is 28.9 Å². The van der Waals surface area contributed by atoms with Gasteiger partial charge in [-0.1, -0.05) is 0 Å². The van der Waals surface area contributed by atoms with E-state index in [1.165, 1.54) is 24.3 Å². The van der Waals surface area contributed by atoms with E-state index in [1.54, 1.807) is 0 Å². The van der Waals surface area contributed by atoms with Crippen molar-refractivity contribution in [1.82, 2.24) is 4.57 Å². The number of nitro groups is 1. The number of aromatic carboxylic acids is 1. The molecule has 0 saturated heterocycles. The molecule has 0 amide bonds. The number of pyridine rings is 1. The van der Waals surface area contributed by atoms with E-state index in [-0.39, 0.29) is 16.9 Å². The number of benzene rings is 1. The number of aromatic nitrogens is 1. The Morgan fingerprint density at radius 1 is 1.30 bits per heavy atom. The van der Waals surface area contributed by atoms with E-state index in [1.807, 2.05) is 0 Å². The summed E-state index contributed by atoms with van der Waals surface area (Å²) < 4.78 is 1.48. The van der Waals surface area contributed by atoms with Crippen LogP contribution in [-0.4, -0.2) is 20.6 Å². The molecular weight excluding hydrogens is 332 g/mol. The van der Waals surface area contributed by atoms with Crippen LogP contribution in [0.5, 0.6) is 0 Å². The van der Waals surface area contributed by atoms with Crippen molar-refractivity contribution >= 4 is 27.6 Å². The van der Waals surface area contributed by atoms with E-state index in [4.69, 9.17) is 5.11 Å². The van der Waals surface area contributed by atoms with Crippen molar-refractivity contribution in [3.63, 3.8) is 0 Å². The van der Waals surface area contributed by atoms with Gasteiger partial charge in [0.25, 0.3) is 11.2 Å². The smallest absolute Gasteiger partial charge is 0.337 e. The quantitative estimate of drug-likeness (QED) is 0.682. The van der Waals surface area contributed by atoms with E-state index in [0.717, 1.165) is 16.8 Å². The summed E-state index contributed by atoms with van der Waals surface area (Å²) in [6, 6.07) is 6.16. The Kier molecular flexibility index (Phi) is 3.66. The van der Waals surface area contributed by atoms with Gasteiger partial charge >= 0.3 is 5.97 Å². The van der Waals surface area contributed by atoms with Crippen molar-refractivity contribution in [2.45, 2.75) is 0 Å². The number of carbonyl (C=O) groups is 1. The average Bonchev–Trinajstić information content (AvgIpc) is 2.39. The summed E-state index contributed by atoms with van der Waals surface area (Å²) in [5.41, 5.74) is -0.581. The predicted octanol–water partition coefficient (Wildman–Crippen LogP) is 2.21. The van der Waals surface area contributed by atoms with E-state index < -0.39 is 16.5 Å². The number of hydrogen-bond donors (Lipinski definition) is 1. The van der Waals surface area contributed by atoms with Gasteiger partial charge in [-0.05, 0) is 28.1 Å². The van der Waals surface area contributed by atoms with Gasteiger partial charge in [-0.2, -0.15) is 0 Å². The summed E-state index contributed by atoms with van der Waals surface area (Å²) in [7, 11) is 0. The zero-order valence-electron chi connectivity index (χ0n) is 9.82. The van der Waals surface area contributed by atoms with E-state index >= 15 is 0 Å². The highest BCUT2D eigenvalue weighted by atomic mass is 79.9. The highest BCUT2D eigenvalue weighted by molar-refractivity contribution is 9.10. The first-order valence-corrected chi connectivity index (χ1v) is 6.10.